The molecule has 0 radical (unpaired) electrons. The third-order valence-electron chi connectivity index (χ3n) is 4.18. The highest BCUT2D eigenvalue weighted by molar-refractivity contribution is 5.55. The third kappa shape index (κ3) is 2.94. The van der Waals surface area contributed by atoms with E-state index in [9.17, 15) is 0 Å². The Hall–Kier alpha value is -2.56. The predicted molar refractivity (Wildman–Crippen MR) is 90.8 cm³/mol. The van der Waals surface area contributed by atoms with Crippen LogP contribution in [0.5, 0.6) is 28.7 Å². The molecule has 24 heavy (non-hydrogen) atoms. The lowest BCUT2D eigenvalue weighted by Gasteiger charge is -2.19. The second-order valence-corrected chi connectivity index (χ2v) is 5.51. The van der Waals surface area contributed by atoms with E-state index in [1.165, 1.54) is 0 Å². The summed E-state index contributed by atoms with van der Waals surface area (Å²) in [5.41, 5.74) is 2.15. The maximum absolute atomic E-state index is 5.81. The van der Waals surface area contributed by atoms with E-state index in [-0.39, 0.29) is 12.7 Å². The molecule has 0 saturated heterocycles. The normalized spacial score (nSPS) is 13.5. The van der Waals surface area contributed by atoms with E-state index in [2.05, 4.69) is 6.92 Å². The Morgan fingerprint density at radius 3 is 2.33 bits per heavy atom. The van der Waals surface area contributed by atoms with Crippen LogP contribution in [0.15, 0.2) is 30.3 Å². The first-order chi connectivity index (χ1) is 11.7. The van der Waals surface area contributed by atoms with E-state index in [0.717, 1.165) is 28.4 Å². The Balaban J connectivity index is 2.01. The minimum atomic E-state index is 0.0980. The molecule has 0 aliphatic carbocycles. The summed E-state index contributed by atoms with van der Waals surface area (Å²) in [6.07, 6.45) is 0. The largest absolute Gasteiger partial charge is 0.493 e. The van der Waals surface area contributed by atoms with Crippen molar-refractivity contribution in [3.63, 3.8) is 0 Å². The second kappa shape index (κ2) is 6.91. The number of hydrogen-bond donors (Lipinski definition) is 0. The Kier molecular flexibility index (Phi) is 4.69. The summed E-state index contributed by atoms with van der Waals surface area (Å²) in [6.45, 7) is 4.93. The molecule has 0 fully saturated rings. The molecule has 5 nitrogen and oxygen atoms in total. The highest BCUT2D eigenvalue weighted by Gasteiger charge is 2.22. The third-order valence-corrected chi connectivity index (χ3v) is 4.18. The summed E-state index contributed by atoms with van der Waals surface area (Å²) >= 11 is 0. The molecule has 0 N–H and O–H groups in total. The van der Waals surface area contributed by atoms with Crippen LogP contribution in [0, 0.1) is 0 Å². The Morgan fingerprint density at radius 1 is 0.958 bits per heavy atom. The molecule has 1 heterocycles. The van der Waals surface area contributed by atoms with Gasteiger partial charge in [0.25, 0.3) is 0 Å². The van der Waals surface area contributed by atoms with Gasteiger partial charge in [0, 0.05) is 17.5 Å². The molecule has 128 valence electrons. The van der Waals surface area contributed by atoms with Gasteiger partial charge < -0.3 is 23.7 Å². The van der Waals surface area contributed by atoms with Crippen LogP contribution in [-0.2, 0) is 0 Å². The van der Waals surface area contributed by atoms with E-state index < -0.39 is 0 Å². The molecule has 0 unspecified atom stereocenters. The van der Waals surface area contributed by atoms with E-state index in [4.69, 9.17) is 23.7 Å². The van der Waals surface area contributed by atoms with Gasteiger partial charge in [-0.2, -0.15) is 0 Å². The molecule has 5 heteroatoms. The van der Waals surface area contributed by atoms with Gasteiger partial charge in [0.2, 0.25) is 6.79 Å². The van der Waals surface area contributed by atoms with Crippen LogP contribution in [0.4, 0.5) is 0 Å². The molecule has 1 atom stereocenters. The van der Waals surface area contributed by atoms with Gasteiger partial charge in [0.15, 0.2) is 23.0 Å². The van der Waals surface area contributed by atoms with Crippen molar-refractivity contribution in [1.82, 2.24) is 0 Å². The lowest BCUT2D eigenvalue weighted by atomic mass is 9.91. The van der Waals surface area contributed by atoms with Crippen LogP contribution >= 0.6 is 0 Å². The van der Waals surface area contributed by atoms with Crippen LogP contribution in [0.1, 0.15) is 30.9 Å². The van der Waals surface area contributed by atoms with E-state index in [1.807, 2.05) is 37.3 Å². The number of fused-ring (bicyclic) bond motifs is 1. The standard InChI is InChI=1S/C19H22O5/c1-5-22-16-10-19-18(23-11-24-19)9-14(16)12(2)13-6-7-15(20-3)17(8-13)21-4/h6-10,12H,5,11H2,1-4H3/t12-/m0/s1. The van der Waals surface area contributed by atoms with Crippen LogP contribution < -0.4 is 23.7 Å². The average molecular weight is 330 g/mol. The highest BCUT2D eigenvalue weighted by Crippen LogP contribution is 2.43. The maximum Gasteiger partial charge on any atom is 0.231 e. The van der Waals surface area contributed by atoms with Crippen LogP contribution in [0.2, 0.25) is 0 Å². The van der Waals surface area contributed by atoms with Gasteiger partial charge in [-0.3, -0.25) is 0 Å². The minimum Gasteiger partial charge on any atom is -0.493 e. The van der Waals surface area contributed by atoms with Crippen molar-refractivity contribution in [2.75, 3.05) is 27.6 Å². The zero-order chi connectivity index (χ0) is 17.1. The van der Waals surface area contributed by atoms with Crippen molar-refractivity contribution in [2.45, 2.75) is 19.8 Å². The summed E-state index contributed by atoms with van der Waals surface area (Å²) in [5.74, 6) is 3.80. The molecule has 0 aromatic heterocycles. The minimum absolute atomic E-state index is 0.0980. The zero-order valence-electron chi connectivity index (χ0n) is 14.4. The van der Waals surface area contributed by atoms with Gasteiger partial charge >= 0.3 is 0 Å². The first kappa shape index (κ1) is 16.3. The van der Waals surface area contributed by atoms with Crippen molar-refractivity contribution in [3.8, 4) is 28.7 Å². The molecule has 0 bridgehead atoms. The molecular formula is C19H22O5. The lowest BCUT2D eigenvalue weighted by Crippen LogP contribution is -2.03. The number of benzene rings is 2. The van der Waals surface area contributed by atoms with Crippen molar-refractivity contribution < 1.29 is 23.7 Å². The lowest BCUT2D eigenvalue weighted by molar-refractivity contribution is 0.173. The fraction of sp³-hybridized carbons (Fsp3) is 0.368. The van der Waals surface area contributed by atoms with E-state index in [0.29, 0.717) is 18.1 Å². The molecule has 0 spiro atoms. The smallest absolute Gasteiger partial charge is 0.231 e. The topological polar surface area (TPSA) is 46.2 Å². The first-order valence-corrected chi connectivity index (χ1v) is 7.96. The van der Waals surface area contributed by atoms with Gasteiger partial charge in [0.1, 0.15) is 5.75 Å². The molecule has 0 amide bonds. The monoisotopic (exact) mass is 330 g/mol. The van der Waals surface area contributed by atoms with Crippen LogP contribution in [0.25, 0.3) is 0 Å². The summed E-state index contributed by atoms with van der Waals surface area (Å²) in [5, 5.41) is 0. The molecule has 1 aliphatic heterocycles. The van der Waals surface area contributed by atoms with Gasteiger partial charge in [0.05, 0.1) is 20.8 Å². The van der Waals surface area contributed by atoms with Crippen molar-refractivity contribution >= 4 is 0 Å². The molecule has 2 aromatic rings. The van der Waals surface area contributed by atoms with E-state index in [1.54, 1.807) is 14.2 Å². The average Bonchev–Trinajstić information content (AvgIpc) is 3.07. The quantitative estimate of drug-likeness (QED) is 0.801. The summed E-state index contributed by atoms with van der Waals surface area (Å²) < 4.78 is 27.5. The number of rotatable bonds is 6. The molecule has 1 aliphatic rings. The van der Waals surface area contributed by atoms with Gasteiger partial charge in [-0.25, -0.2) is 0 Å². The Morgan fingerprint density at radius 2 is 1.67 bits per heavy atom. The zero-order valence-corrected chi connectivity index (χ0v) is 14.4. The summed E-state index contributed by atoms with van der Waals surface area (Å²) in [6, 6.07) is 9.83. The number of hydrogen-bond acceptors (Lipinski definition) is 5. The summed E-state index contributed by atoms with van der Waals surface area (Å²) in [7, 11) is 3.27. The van der Waals surface area contributed by atoms with Crippen LogP contribution in [-0.4, -0.2) is 27.6 Å². The van der Waals surface area contributed by atoms with Crippen LogP contribution in [0.3, 0.4) is 0 Å². The Labute approximate surface area is 142 Å². The SMILES string of the molecule is CCOc1cc2c(cc1[C@@H](C)c1ccc(OC)c(OC)c1)OCO2. The fourth-order valence-corrected chi connectivity index (χ4v) is 2.86. The number of ether oxygens (including phenoxy) is 5. The second-order valence-electron chi connectivity index (χ2n) is 5.51. The molecule has 2 aromatic carbocycles. The Bertz CT molecular complexity index is 726. The van der Waals surface area contributed by atoms with E-state index >= 15 is 0 Å². The predicted octanol–water partition coefficient (Wildman–Crippen LogP) is 3.98. The van der Waals surface area contributed by atoms with Gasteiger partial charge in [-0.05, 0) is 30.7 Å². The first-order valence-electron chi connectivity index (χ1n) is 7.96. The van der Waals surface area contributed by atoms with Crippen molar-refractivity contribution in [3.05, 3.63) is 41.5 Å². The highest BCUT2D eigenvalue weighted by atomic mass is 16.7. The molecular weight excluding hydrogens is 308 g/mol. The summed E-state index contributed by atoms with van der Waals surface area (Å²) in [4.78, 5) is 0. The molecule has 0 saturated carbocycles. The van der Waals surface area contributed by atoms with Gasteiger partial charge in [-0.15, -0.1) is 0 Å². The van der Waals surface area contributed by atoms with Gasteiger partial charge in [-0.1, -0.05) is 13.0 Å². The number of methoxy groups -OCH3 is 2. The fourth-order valence-electron chi connectivity index (χ4n) is 2.86. The maximum atomic E-state index is 5.81. The van der Waals surface area contributed by atoms with Crippen molar-refractivity contribution in [1.29, 1.82) is 0 Å². The molecule has 3 rings (SSSR count). The van der Waals surface area contributed by atoms with Crippen molar-refractivity contribution in [2.24, 2.45) is 0 Å².